The lowest BCUT2D eigenvalue weighted by molar-refractivity contribution is 0.102. The molecule has 3 aromatic rings. The van der Waals surface area contributed by atoms with Crippen LogP contribution in [0.5, 0.6) is 0 Å². The number of aromatic nitrogens is 1. The smallest absolute Gasteiger partial charge is 0.263 e. The molecule has 6 heteroatoms. The molecular weight excluding hydrogens is 383 g/mol. The summed E-state index contributed by atoms with van der Waals surface area (Å²) in [5.74, 6) is -0.426. The SMILES string of the molecule is CCc1ccccc1NC(=O)c1cccn(Cc2ccc(Cl)c(Cl)c2)c1=O. The third kappa shape index (κ3) is 4.41. The first-order valence-electron chi connectivity index (χ1n) is 8.52. The Morgan fingerprint density at radius 1 is 1.04 bits per heavy atom. The van der Waals surface area contributed by atoms with Crippen molar-refractivity contribution in [1.29, 1.82) is 0 Å². The Bertz CT molecular complexity index is 1040. The second-order valence-corrected chi connectivity index (χ2v) is 6.88. The van der Waals surface area contributed by atoms with E-state index in [-0.39, 0.29) is 11.1 Å². The minimum Gasteiger partial charge on any atom is -0.322 e. The highest BCUT2D eigenvalue weighted by Gasteiger charge is 2.14. The highest BCUT2D eigenvalue weighted by Crippen LogP contribution is 2.23. The third-order valence-electron chi connectivity index (χ3n) is 4.25. The Hall–Kier alpha value is -2.56. The molecule has 0 saturated carbocycles. The van der Waals surface area contributed by atoms with Crippen LogP contribution >= 0.6 is 23.2 Å². The second kappa shape index (κ2) is 8.42. The van der Waals surface area contributed by atoms with Gasteiger partial charge in [0.2, 0.25) is 0 Å². The summed E-state index contributed by atoms with van der Waals surface area (Å²) < 4.78 is 1.47. The molecule has 0 unspecified atom stereocenters. The van der Waals surface area contributed by atoms with E-state index in [1.54, 1.807) is 30.5 Å². The molecule has 27 heavy (non-hydrogen) atoms. The summed E-state index contributed by atoms with van der Waals surface area (Å²) in [6.45, 7) is 2.31. The quantitative estimate of drug-likeness (QED) is 0.653. The van der Waals surface area contributed by atoms with Crippen LogP contribution in [0.4, 0.5) is 5.69 Å². The van der Waals surface area contributed by atoms with Crippen LogP contribution in [0.2, 0.25) is 10.0 Å². The molecule has 0 aliphatic carbocycles. The van der Waals surface area contributed by atoms with Gasteiger partial charge in [-0.1, -0.05) is 54.4 Å². The number of hydrogen-bond donors (Lipinski definition) is 1. The van der Waals surface area contributed by atoms with E-state index in [2.05, 4.69) is 5.32 Å². The summed E-state index contributed by atoms with van der Waals surface area (Å²) in [6.07, 6.45) is 2.43. The van der Waals surface area contributed by atoms with Gasteiger partial charge in [0.05, 0.1) is 16.6 Å². The molecule has 2 aromatic carbocycles. The maximum atomic E-state index is 12.8. The van der Waals surface area contributed by atoms with Crippen molar-refractivity contribution in [1.82, 2.24) is 4.57 Å². The van der Waals surface area contributed by atoms with Gasteiger partial charge in [-0.25, -0.2) is 0 Å². The lowest BCUT2D eigenvalue weighted by Gasteiger charge is -2.11. The Morgan fingerprint density at radius 2 is 1.81 bits per heavy atom. The molecule has 0 fully saturated rings. The number of benzene rings is 2. The largest absolute Gasteiger partial charge is 0.322 e. The van der Waals surface area contributed by atoms with Crippen molar-refractivity contribution >= 4 is 34.8 Å². The van der Waals surface area contributed by atoms with Gasteiger partial charge in [-0.2, -0.15) is 0 Å². The molecule has 1 amide bonds. The molecule has 0 aliphatic heterocycles. The van der Waals surface area contributed by atoms with Gasteiger partial charge in [0.1, 0.15) is 5.56 Å². The fourth-order valence-corrected chi connectivity index (χ4v) is 3.13. The minimum atomic E-state index is -0.426. The Kier molecular flexibility index (Phi) is 5.99. The Labute approximate surface area is 167 Å². The lowest BCUT2D eigenvalue weighted by atomic mass is 10.1. The lowest BCUT2D eigenvalue weighted by Crippen LogP contribution is -2.29. The van der Waals surface area contributed by atoms with Gasteiger partial charge in [0.15, 0.2) is 0 Å². The number of para-hydroxylation sites is 1. The summed E-state index contributed by atoms with van der Waals surface area (Å²) >= 11 is 12.0. The van der Waals surface area contributed by atoms with Crippen molar-refractivity contribution in [2.45, 2.75) is 19.9 Å². The molecule has 0 saturated heterocycles. The molecular formula is C21H18Cl2N2O2. The maximum absolute atomic E-state index is 12.8. The summed E-state index contributed by atoms with van der Waals surface area (Å²) in [4.78, 5) is 25.4. The monoisotopic (exact) mass is 400 g/mol. The van der Waals surface area contributed by atoms with Crippen molar-refractivity contribution in [3.63, 3.8) is 0 Å². The fourth-order valence-electron chi connectivity index (χ4n) is 2.81. The summed E-state index contributed by atoms with van der Waals surface area (Å²) in [5.41, 5.74) is 2.26. The van der Waals surface area contributed by atoms with E-state index < -0.39 is 5.91 Å². The van der Waals surface area contributed by atoms with E-state index in [0.717, 1.165) is 17.5 Å². The van der Waals surface area contributed by atoms with Gasteiger partial charge in [0.25, 0.3) is 11.5 Å². The van der Waals surface area contributed by atoms with E-state index in [0.29, 0.717) is 22.3 Å². The topological polar surface area (TPSA) is 51.1 Å². The van der Waals surface area contributed by atoms with Gasteiger partial charge < -0.3 is 9.88 Å². The zero-order chi connectivity index (χ0) is 19.4. The van der Waals surface area contributed by atoms with Crippen LogP contribution in [-0.2, 0) is 13.0 Å². The number of carbonyl (C=O) groups is 1. The molecule has 4 nitrogen and oxygen atoms in total. The maximum Gasteiger partial charge on any atom is 0.263 e. The number of nitrogens with one attached hydrogen (secondary N) is 1. The number of anilines is 1. The Morgan fingerprint density at radius 3 is 2.56 bits per heavy atom. The van der Waals surface area contributed by atoms with Crippen LogP contribution in [-0.4, -0.2) is 10.5 Å². The van der Waals surface area contributed by atoms with E-state index in [1.807, 2.05) is 31.2 Å². The minimum absolute atomic E-state index is 0.0865. The van der Waals surface area contributed by atoms with E-state index in [1.165, 1.54) is 10.6 Å². The molecule has 0 spiro atoms. The van der Waals surface area contributed by atoms with Gasteiger partial charge in [0, 0.05) is 11.9 Å². The van der Waals surface area contributed by atoms with E-state index >= 15 is 0 Å². The number of nitrogens with zero attached hydrogens (tertiary/aromatic N) is 1. The summed E-state index contributed by atoms with van der Waals surface area (Å²) in [7, 11) is 0. The molecule has 1 aromatic heterocycles. The number of aryl methyl sites for hydroxylation is 1. The number of halogens is 2. The van der Waals surface area contributed by atoms with Crippen LogP contribution in [0.15, 0.2) is 65.6 Å². The van der Waals surface area contributed by atoms with E-state index in [4.69, 9.17) is 23.2 Å². The first kappa shape index (κ1) is 19.2. The first-order chi connectivity index (χ1) is 13.0. The van der Waals surface area contributed by atoms with Crippen molar-refractivity contribution in [3.05, 3.63) is 97.9 Å². The first-order valence-corrected chi connectivity index (χ1v) is 9.28. The molecule has 1 heterocycles. The zero-order valence-electron chi connectivity index (χ0n) is 14.7. The highest BCUT2D eigenvalue weighted by atomic mass is 35.5. The van der Waals surface area contributed by atoms with Gasteiger partial charge in [-0.3, -0.25) is 9.59 Å². The number of amides is 1. The van der Waals surface area contributed by atoms with Gasteiger partial charge in [-0.05, 0) is 47.9 Å². The second-order valence-electron chi connectivity index (χ2n) is 6.07. The average Bonchev–Trinajstić information content (AvgIpc) is 2.66. The van der Waals surface area contributed by atoms with Crippen molar-refractivity contribution in [2.75, 3.05) is 5.32 Å². The molecule has 3 rings (SSSR count). The Balaban J connectivity index is 1.87. The normalized spacial score (nSPS) is 10.6. The molecule has 1 N–H and O–H groups in total. The molecule has 0 atom stereocenters. The predicted molar refractivity (Wildman–Crippen MR) is 110 cm³/mol. The number of pyridine rings is 1. The fraction of sp³-hybridized carbons (Fsp3) is 0.143. The number of hydrogen-bond acceptors (Lipinski definition) is 2. The summed E-state index contributed by atoms with van der Waals surface area (Å²) in [5, 5.41) is 3.71. The number of rotatable bonds is 5. The molecule has 0 aliphatic rings. The average molecular weight is 401 g/mol. The van der Waals surface area contributed by atoms with Crippen molar-refractivity contribution in [3.8, 4) is 0 Å². The molecule has 0 radical (unpaired) electrons. The summed E-state index contributed by atoms with van der Waals surface area (Å²) in [6, 6.07) is 15.9. The highest BCUT2D eigenvalue weighted by molar-refractivity contribution is 6.42. The molecule has 138 valence electrons. The van der Waals surface area contributed by atoms with Crippen LogP contribution in [0, 0.1) is 0 Å². The van der Waals surface area contributed by atoms with Crippen LogP contribution in [0.3, 0.4) is 0 Å². The number of carbonyl (C=O) groups excluding carboxylic acids is 1. The van der Waals surface area contributed by atoms with Crippen LogP contribution in [0.1, 0.15) is 28.4 Å². The van der Waals surface area contributed by atoms with Crippen molar-refractivity contribution in [2.24, 2.45) is 0 Å². The standard InChI is InChI=1S/C21H18Cl2N2O2/c1-2-15-6-3-4-8-19(15)24-20(26)16-7-5-11-25(21(16)27)13-14-9-10-17(22)18(23)12-14/h3-12H,2,13H2,1H3,(H,24,26). The predicted octanol–water partition coefficient (Wildman–Crippen LogP) is 5.02. The van der Waals surface area contributed by atoms with Gasteiger partial charge in [-0.15, -0.1) is 0 Å². The third-order valence-corrected chi connectivity index (χ3v) is 4.99. The van der Waals surface area contributed by atoms with Crippen LogP contribution < -0.4 is 10.9 Å². The molecule has 0 bridgehead atoms. The zero-order valence-corrected chi connectivity index (χ0v) is 16.2. The van der Waals surface area contributed by atoms with Crippen molar-refractivity contribution < 1.29 is 4.79 Å². The van der Waals surface area contributed by atoms with Gasteiger partial charge >= 0.3 is 0 Å². The van der Waals surface area contributed by atoms with Crippen LogP contribution in [0.25, 0.3) is 0 Å². The van der Waals surface area contributed by atoms with E-state index in [9.17, 15) is 9.59 Å².